The zero-order valence-corrected chi connectivity index (χ0v) is 14.2. The van der Waals surface area contributed by atoms with Gasteiger partial charge in [0.2, 0.25) is 0 Å². The minimum Gasteiger partial charge on any atom is -0.319 e. The molecule has 1 N–H and O–H groups in total. The van der Waals surface area contributed by atoms with Gasteiger partial charge in [0.05, 0.1) is 5.75 Å². The Morgan fingerprint density at radius 3 is 2.39 bits per heavy atom. The maximum Gasteiger partial charge on any atom is 0.325 e. The normalized spacial score (nSPS) is 21.6. The molecule has 0 radical (unpaired) electrons. The number of unbranched alkanes of at least 4 members (excludes halogenated alkanes) is 1. The maximum absolute atomic E-state index is 12.9. The van der Waals surface area contributed by atoms with Crippen molar-refractivity contribution in [2.75, 3.05) is 18.6 Å². The van der Waals surface area contributed by atoms with Gasteiger partial charge in [-0.2, -0.15) is 0 Å². The van der Waals surface area contributed by atoms with E-state index in [0.29, 0.717) is 6.42 Å². The summed E-state index contributed by atoms with van der Waals surface area (Å²) in [7, 11) is -3.25. The Hall–Kier alpha value is -1.89. The molecule has 1 aromatic rings. The number of carbonyl (C=O) groups is 2. The van der Waals surface area contributed by atoms with E-state index in [-0.39, 0.29) is 18.2 Å². The lowest BCUT2D eigenvalue weighted by atomic mass is 9.85. The minimum atomic E-state index is -3.25. The van der Waals surface area contributed by atoms with Crippen LogP contribution in [-0.4, -0.2) is 43.8 Å². The topological polar surface area (TPSA) is 83.6 Å². The number of nitrogens with one attached hydrogen (secondary N) is 1. The summed E-state index contributed by atoms with van der Waals surface area (Å²) in [5.41, 5.74) is -0.361. The number of nitrogens with zero attached hydrogens (tertiary/aromatic N) is 1. The Morgan fingerprint density at radius 2 is 1.83 bits per heavy atom. The first-order chi connectivity index (χ1) is 10.8. The van der Waals surface area contributed by atoms with Crippen molar-refractivity contribution < 1.29 is 18.0 Å². The molecule has 1 fully saturated rings. The predicted octanol–water partition coefficient (Wildman–Crippen LogP) is 1.67. The monoisotopic (exact) mass is 338 g/mol. The van der Waals surface area contributed by atoms with Crippen molar-refractivity contribution in [1.82, 2.24) is 10.2 Å². The third-order valence-electron chi connectivity index (χ3n) is 4.03. The maximum atomic E-state index is 12.9. The molecule has 0 saturated carbocycles. The number of benzene rings is 1. The third kappa shape index (κ3) is 3.72. The van der Waals surface area contributed by atoms with Gasteiger partial charge in [-0.05, 0) is 12.0 Å². The predicted molar refractivity (Wildman–Crippen MR) is 87.6 cm³/mol. The summed E-state index contributed by atoms with van der Waals surface area (Å²) in [6.07, 6.45) is 3.25. The summed E-state index contributed by atoms with van der Waals surface area (Å²) in [4.78, 5) is 26.2. The van der Waals surface area contributed by atoms with E-state index >= 15 is 0 Å². The van der Waals surface area contributed by atoms with Gasteiger partial charge in [0.15, 0.2) is 0 Å². The van der Waals surface area contributed by atoms with Crippen LogP contribution in [0.2, 0.25) is 0 Å². The van der Waals surface area contributed by atoms with Gasteiger partial charge >= 0.3 is 6.03 Å². The van der Waals surface area contributed by atoms with Gasteiger partial charge in [-0.3, -0.25) is 9.69 Å². The summed E-state index contributed by atoms with van der Waals surface area (Å²) in [5, 5.41) is 2.80. The van der Waals surface area contributed by atoms with Crippen LogP contribution in [0.3, 0.4) is 0 Å². The number of carbonyl (C=O) groups excluding carboxylic acids is 2. The molecule has 23 heavy (non-hydrogen) atoms. The van der Waals surface area contributed by atoms with Gasteiger partial charge in [-0.1, -0.05) is 50.1 Å². The van der Waals surface area contributed by atoms with Crippen LogP contribution in [0, 0.1) is 0 Å². The number of urea groups is 1. The van der Waals surface area contributed by atoms with Gasteiger partial charge < -0.3 is 5.32 Å². The average Bonchev–Trinajstić information content (AvgIpc) is 2.75. The first-order valence-electron chi connectivity index (χ1n) is 7.67. The van der Waals surface area contributed by atoms with Gasteiger partial charge in [-0.15, -0.1) is 0 Å². The fourth-order valence-corrected chi connectivity index (χ4v) is 3.27. The van der Waals surface area contributed by atoms with Gasteiger partial charge in [0.1, 0.15) is 15.4 Å². The van der Waals surface area contributed by atoms with Crippen molar-refractivity contribution in [3.05, 3.63) is 35.9 Å². The van der Waals surface area contributed by atoms with Gasteiger partial charge in [0.25, 0.3) is 5.91 Å². The lowest BCUT2D eigenvalue weighted by Crippen LogP contribution is -2.44. The first kappa shape index (κ1) is 17.5. The molecule has 0 spiro atoms. The Balaban J connectivity index is 2.33. The molecule has 2 rings (SSSR count). The standard InChI is InChI=1S/C16H22N2O4S/c1-3-4-10-16(13-8-6-5-7-9-13)14(19)18(15(20)17-16)11-12-23(2,21)22/h5-9H,3-4,10-12H2,1-2H3,(H,17,20). The van der Waals surface area contributed by atoms with E-state index in [2.05, 4.69) is 5.32 Å². The largest absolute Gasteiger partial charge is 0.325 e. The second-order valence-corrected chi connectivity index (χ2v) is 8.15. The molecule has 1 unspecified atom stereocenters. The van der Waals surface area contributed by atoms with Gasteiger partial charge in [0, 0.05) is 12.8 Å². The Labute approximate surface area is 136 Å². The molecule has 1 heterocycles. The Kier molecular flexibility index (Phi) is 5.09. The van der Waals surface area contributed by atoms with Gasteiger partial charge in [-0.25, -0.2) is 13.2 Å². The highest BCUT2D eigenvalue weighted by Crippen LogP contribution is 2.34. The van der Waals surface area contributed by atoms with Crippen LogP contribution < -0.4 is 5.32 Å². The summed E-state index contributed by atoms with van der Waals surface area (Å²) in [6.45, 7) is 1.89. The van der Waals surface area contributed by atoms with Crippen molar-refractivity contribution in [2.24, 2.45) is 0 Å². The zero-order valence-electron chi connectivity index (χ0n) is 13.4. The van der Waals surface area contributed by atoms with Crippen LogP contribution in [0.25, 0.3) is 0 Å². The summed E-state index contributed by atoms with van der Waals surface area (Å²) < 4.78 is 22.7. The molecule has 1 aliphatic rings. The minimum absolute atomic E-state index is 0.121. The van der Waals surface area contributed by atoms with E-state index in [1.54, 1.807) is 0 Å². The van der Waals surface area contributed by atoms with Crippen LogP contribution in [0.1, 0.15) is 31.7 Å². The number of amides is 3. The number of hydrogen-bond acceptors (Lipinski definition) is 4. The van der Waals surface area contributed by atoms with Crippen LogP contribution in [0.4, 0.5) is 4.79 Å². The lowest BCUT2D eigenvalue weighted by molar-refractivity contribution is -0.131. The van der Waals surface area contributed by atoms with Crippen molar-refractivity contribution in [2.45, 2.75) is 31.7 Å². The number of rotatable bonds is 7. The molecule has 1 saturated heterocycles. The third-order valence-corrected chi connectivity index (χ3v) is 4.96. The molecule has 1 aromatic carbocycles. The molecule has 3 amide bonds. The van der Waals surface area contributed by atoms with E-state index in [0.717, 1.165) is 29.6 Å². The summed E-state index contributed by atoms with van der Waals surface area (Å²) in [5.74, 6) is -0.601. The highest BCUT2D eigenvalue weighted by Gasteiger charge is 2.51. The fraction of sp³-hybridized carbons (Fsp3) is 0.500. The van der Waals surface area contributed by atoms with E-state index in [1.165, 1.54) is 0 Å². The molecule has 0 aliphatic carbocycles. The van der Waals surface area contributed by atoms with Crippen molar-refractivity contribution in [3.8, 4) is 0 Å². The Bertz CT molecular complexity index is 687. The van der Waals surface area contributed by atoms with Crippen LogP contribution in [0.5, 0.6) is 0 Å². The molecule has 7 heteroatoms. The zero-order chi connectivity index (χ0) is 17.1. The van der Waals surface area contributed by atoms with E-state index in [1.807, 2.05) is 37.3 Å². The van der Waals surface area contributed by atoms with E-state index < -0.39 is 21.4 Å². The Morgan fingerprint density at radius 1 is 1.17 bits per heavy atom. The van der Waals surface area contributed by atoms with Crippen LogP contribution >= 0.6 is 0 Å². The highest BCUT2D eigenvalue weighted by molar-refractivity contribution is 7.90. The molecular formula is C16H22N2O4S. The lowest BCUT2D eigenvalue weighted by Gasteiger charge is -2.27. The quantitative estimate of drug-likeness (QED) is 0.767. The molecule has 6 nitrogen and oxygen atoms in total. The fourth-order valence-electron chi connectivity index (χ4n) is 2.76. The molecule has 126 valence electrons. The molecule has 1 aliphatic heterocycles. The molecule has 0 aromatic heterocycles. The average molecular weight is 338 g/mol. The number of hydrogen-bond donors (Lipinski definition) is 1. The smallest absolute Gasteiger partial charge is 0.319 e. The highest BCUT2D eigenvalue weighted by atomic mass is 32.2. The number of imide groups is 1. The molecular weight excluding hydrogens is 316 g/mol. The van der Waals surface area contributed by atoms with Crippen molar-refractivity contribution >= 4 is 21.8 Å². The van der Waals surface area contributed by atoms with Crippen LogP contribution in [0.15, 0.2) is 30.3 Å². The van der Waals surface area contributed by atoms with Crippen molar-refractivity contribution in [3.63, 3.8) is 0 Å². The first-order valence-corrected chi connectivity index (χ1v) is 9.73. The SMILES string of the molecule is CCCCC1(c2ccccc2)NC(=O)N(CCS(C)(=O)=O)C1=O. The van der Waals surface area contributed by atoms with E-state index in [4.69, 9.17) is 0 Å². The summed E-state index contributed by atoms with van der Waals surface area (Å²) >= 11 is 0. The second-order valence-electron chi connectivity index (χ2n) is 5.89. The molecule has 0 bridgehead atoms. The van der Waals surface area contributed by atoms with Crippen molar-refractivity contribution in [1.29, 1.82) is 0 Å². The summed E-state index contributed by atoms with van der Waals surface area (Å²) in [6, 6.07) is 8.59. The molecule has 1 atom stereocenters. The van der Waals surface area contributed by atoms with Crippen LogP contribution in [-0.2, 0) is 20.2 Å². The van der Waals surface area contributed by atoms with E-state index in [9.17, 15) is 18.0 Å². The number of sulfone groups is 1. The second kappa shape index (κ2) is 6.70.